The highest BCUT2D eigenvalue weighted by Crippen LogP contribution is 2.32. The summed E-state index contributed by atoms with van der Waals surface area (Å²) in [5.41, 5.74) is 0.991. The Bertz CT molecular complexity index is 1190. The van der Waals surface area contributed by atoms with Crippen LogP contribution in [-0.2, 0) is 17.6 Å². The largest absolute Gasteiger partial charge is 0.337 e. The van der Waals surface area contributed by atoms with Gasteiger partial charge in [-0.05, 0) is 35.9 Å². The normalized spacial score (nSPS) is 15.2. The Balaban J connectivity index is 1.71. The number of aliphatic imine (C=N–C) groups is 1. The van der Waals surface area contributed by atoms with Crippen LogP contribution in [0, 0.1) is 5.82 Å². The van der Waals surface area contributed by atoms with E-state index >= 15 is 0 Å². The first-order chi connectivity index (χ1) is 14.4. The summed E-state index contributed by atoms with van der Waals surface area (Å²) in [7, 11) is 1.88. The number of carbonyl (C=O) groups is 1. The van der Waals surface area contributed by atoms with Gasteiger partial charge >= 0.3 is 0 Å². The molecule has 5 nitrogen and oxygen atoms in total. The summed E-state index contributed by atoms with van der Waals surface area (Å²) in [5.74, 6) is 0.353. The molecule has 1 aromatic heterocycles. The minimum absolute atomic E-state index is 0.145. The number of hydrogen-bond donors (Lipinski definition) is 0. The van der Waals surface area contributed by atoms with Crippen molar-refractivity contribution in [1.82, 2.24) is 9.55 Å². The van der Waals surface area contributed by atoms with Crippen molar-refractivity contribution < 1.29 is 9.18 Å². The number of para-hydroxylation sites is 1. The van der Waals surface area contributed by atoms with E-state index in [0.717, 1.165) is 5.82 Å². The number of aromatic nitrogens is 2. The lowest BCUT2D eigenvalue weighted by Crippen LogP contribution is -2.31. The number of imidazole rings is 1. The van der Waals surface area contributed by atoms with Crippen LogP contribution >= 0.6 is 35.0 Å². The van der Waals surface area contributed by atoms with Crippen molar-refractivity contribution in [3.05, 3.63) is 87.8 Å². The number of thioether (sulfide) groups is 1. The number of halogens is 3. The second-order valence-electron chi connectivity index (χ2n) is 6.43. The van der Waals surface area contributed by atoms with Crippen LogP contribution in [0.3, 0.4) is 0 Å². The van der Waals surface area contributed by atoms with E-state index in [1.54, 1.807) is 48.7 Å². The van der Waals surface area contributed by atoms with Gasteiger partial charge in [0.15, 0.2) is 5.17 Å². The fourth-order valence-corrected chi connectivity index (χ4v) is 4.18. The van der Waals surface area contributed by atoms with Crippen LogP contribution in [0.4, 0.5) is 10.1 Å². The van der Waals surface area contributed by atoms with Crippen molar-refractivity contribution >= 4 is 57.8 Å². The standard InChI is InChI=1S/C21H15Cl2FN4OS/c1-27-9-8-25-19(27)12-30-21-26-17(11-13-6-7-14(22)15(23)10-13)20(29)28(21)18-5-3-2-4-16(18)24/h2-11H,12H2,1H3. The number of benzene rings is 2. The Kier molecular flexibility index (Phi) is 5.94. The Labute approximate surface area is 186 Å². The molecule has 0 saturated carbocycles. The monoisotopic (exact) mass is 460 g/mol. The number of amides is 1. The first-order valence-corrected chi connectivity index (χ1v) is 10.6. The summed E-state index contributed by atoms with van der Waals surface area (Å²) in [6.07, 6.45) is 5.14. The average molecular weight is 461 g/mol. The smallest absolute Gasteiger partial charge is 0.283 e. The van der Waals surface area contributed by atoms with Crippen LogP contribution in [0.15, 0.2) is 65.5 Å². The molecule has 0 radical (unpaired) electrons. The van der Waals surface area contributed by atoms with Crippen LogP contribution in [0.5, 0.6) is 0 Å². The fraction of sp³-hybridized carbons (Fsp3) is 0.0952. The van der Waals surface area contributed by atoms with Gasteiger partial charge in [-0.3, -0.25) is 9.69 Å². The quantitative estimate of drug-likeness (QED) is 0.480. The number of carbonyl (C=O) groups excluding carboxylic acids is 1. The predicted octanol–water partition coefficient (Wildman–Crippen LogP) is 5.54. The maximum absolute atomic E-state index is 14.5. The Morgan fingerprint density at radius 2 is 1.97 bits per heavy atom. The molecule has 9 heteroatoms. The van der Waals surface area contributed by atoms with Crippen molar-refractivity contribution in [3.8, 4) is 0 Å². The number of nitrogens with zero attached hydrogens (tertiary/aromatic N) is 4. The zero-order valence-electron chi connectivity index (χ0n) is 15.7. The van der Waals surface area contributed by atoms with Crippen molar-refractivity contribution in [2.45, 2.75) is 5.75 Å². The average Bonchev–Trinajstić information content (AvgIpc) is 3.26. The van der Waals surface area contributed by atoms with Crippen molar-refractivity contribution in [1.29, 1.82) is 0 Å². The Morgan fingerprint density at radius 3 is 2.67 bits per heavy atom. The van der Waals surface area contributed by atoms with E-state index in [0.29, 0.717) is 26.5 Å². The molecule has 0 fully saturated rings. The van der Waals surface area contributed by atoms with Crippen molar-refractivity contribution in [2.75, 3.05) is 4.90 Å². The van der Waals surface area contributed by atoms with E-state index in [4.69, 9.17) is 23.2 Å². The van der Waals surface area contributed by atoms with Gasteiger partial charge in [0.05, 0.1) is 21.5 Å². The molecule has 152 valence electrons. The molecule has 2 heterocycles. The van der Waals surface area contributed by atoms with E-state index < -0.39 is 11.7 Å². The molecule has 1 aliphatic heterocycles. The molecule has 0 saturated heterocycles. The molecule has 0 atom stereocenters. The molecule has 4 rings (SSSR count). The summed E-state index contributed by atoms with van der Waals surface area (Å²) >= 11 is 13.3. The molecular weight excluding hydrogens is 446 g/mol. The summed E-state index contributed by atoms with van der Waals surface area (Å²) in [6.45, 7) is 0. The minimum Gasteiger partial charge on any atom is -0.337 e. The SMILES string of the molecule is Cn1ccnc1CSC1=NC(=Cc2ccc(Cl)c(Cl)c2)C(=O)N1c1ccccc1F. The Morgan fingerprint density at radius 1 is 1.17 bits per heavy atom. The van der Waals surface area contributed by atoms with Crippen molar-refractivity contribution in [2.24, 2.45) is 12.0 Å². The maximum atomic E-state index is 14.5. The molecule has 3 aromatic rings. The first-order valence-electron chi connectivity index (χ1n) is 8.87. The third-order valence-electron chi connectivity index (χ3n) is 4.42. The third kappa shape index (κ3) is 4.14. The lowest BCUT2D eigenvalue weighted by Gasteiger charge is -2.18. The molecular formula is C21H15Cl2FN4OS. The molecule has 0 bridgehead atoms. The summed E-state index contributed by atoms with van der Waals surface area (Å²) in [6, 6.07) is 11.1. The molecule has 30 heavy (non-hydrogen) atoms. The zero-order valence-corrected chi connectivity index (χ0v) is 18.0. The third-order valence-corrected chi connectivity index (χ3v) is 6.09. The van der Waals surface area contributed by atoms with E-state index in [1.807, 2.05) is 17.8 Å². The number of hydrogen-bond acceptors (Lipinski definition) is 4. The van der Waals surface area contributed by atoms with Crippen molar-refractivity contribution in [3.63, 3.8) is 0 Å². The number of anilines is 1. The second-order valence-corrected chi connectivity index (χ2v) is 8.19. The number of aryl methyl sites for hydroxylation is 1. The van der Waals surface area contributed by atoms with Crippen LogP contribution in [0.1, 0.15) is 11.4 Å². The van der Waals surface area contributed by atoms with Gasteiger partial charge < -0.3 is 4.57 Å². The highest BCUT2D eigenvalue weighted by atomic mass is 35.5. The number of amidine groups is 1. The van der Waals surface area contributed by atoms with Crippen LogP contribution < -0.4 is 4.90 Å². The lowest BCUT2D eigenvalue weighted by molar-refractivity contribution is -0.113. The maximum Gasteiger partial charge on any atom is 0.283 e. The summed E-state index contributed by atoms with van der Waals surface area (Å²) in [5, 5.41) is 1.16. The van der Waals surface area contributed by atoms with Gasteiger partial charge in [0.2, 0.25) is 0 Å². The highest BCUT2D eigenvalue weighted by Gasteiger charge is 2.33. The van der Waals surface area contributed by atoms with Crippen LogP contribution in [0.25, 0.3) is 6.08 Å². The summed E-state index contributed by atoms with van der Waals surface area (Å²) < 4.78 is 16.4. The van der Waals surface area contributed by atoms with Crippen LogP contribution in [0.2, 0.25) is 10.0 Å². The van der Waals surface area contributed by atoms with E-state index in [2.05, 4.69) is 9.98 Å². The van der Waals surface area contributed by atoms with Gasteiger partial charge in [0.1, 0.15) is 17.3 Å². The Hall–Kier alpha value is -2.61. The highest BCUT2D eigenvalue weighted by molar-refractivity contribution is 8.13. The van der Waals surface area contributed by atoms with Gasteiger partial charge in [-0.25, -0.2) is 14.4 Å². The molecule has 1 aliphatic rings. The molecule has 0 N–H and O–H groups in total. The minimum atomic E-state index is -0.507. The molecule has 0 aliphatic carbocycles. The van der Waals surface area contributed by atoms with E-state index in [9.17, 15) is 9.18 Å². The predicted molar refractivity (Wildman–Crippen MR) is 120 cm³/mol. The fourth-order valence-electron chi connectivity index (χ4n) is 2.86. The van der Waals surface area contributed by atoms with E-state index in [1.165, 1.54) is 22.7 Å². The van der Waals surface area contributed by atoms with Gasteiger partial charge in [-0.1, -0.05) is 53.2 Å². The number of rotatable bonds is 4. The van der Waals surface area contributed by atoms with Gasteiger partial charge in [0, 0.05) is 19.4 Å². The lowest BCUT2D eigenvalue weighted by atomic mass is 10.2. The van der Waals surface area contributed by atoms with Gasteiger partial charge in [0.25, 0.3) is 5.91 Å². The second kappa shape index (κ2) is 8.63. The molecule has 2 aromatic carbocycles. The van der Waals surface area contributed by atoms with Crippen LogP contribution in [-0.4, -0.2) is 20.6 Å². The summed E-state index contributed by atoms with van der Waals surface area (Å²) in [4.78, 5) is 23.2. The van der Waals surface area contributed by atoms with Gasteiger partial charge in [-0.2, -0.15) is 0 Å². The topological polar surface area (TPSA) is 50.5 Å². The zero-order chi connectivity index (χ0) is 21.3. The molecule has 0 unspecified atom stereocenters. The first kappa shape index (κ1) is 20.7. The molecule has 1 amide bonds. The van der Waals surface area contributed by atoms with E-state index in [-0.39, 0.29) is 11.4 Å². The van der Waals surface area contributed by atoms with Gasteiger partial charge in [-0.15, -0.1) is 0 Å². The molecule has 0 spiro atoms.